The van der Waals surface area contributed by atoms with E-state index in [1.165, 1.54) is 32.1 Å². The number of nitrogens with zero attached hydrogens (tertiary/aromatic N) is 1. The van der Waals surface area contributed by atoms with Gasteiger partial charge < -0.3 is 15.7 Å². The molecule has 1 fully saturated rings. The maximum Gasteiger partial charge on any atom is 0.0741 e. The third-order valence-corrected chi connectivity index (χ3v) is 4.68. The Morgan fingerprint density at radius 3 is 2.39 bits per heavy atom. The summed E-state index contributed by atoms with van der Waals surface area (Å²) in [6.45, 7) is 5.58. The highest BCUT2D eigenvalue weighted by Crippen LogP contribution is 2.29. The number of nitrogens with two attached hydrogens (primary N) is 1. The molecular weight excluding hydrogens is 224 g/mol. The molecule has 0 spiro atoms. The van der Waals surface area contributed by atoms with Crippen molar-refractivity contribution in [1.82, 2.24) is 4.90 Å². The van der Waals surface area contributed by atoms with Gasteiger partial charge in [0.25, 0.3) is 0 Å². The lowest BCUT2D eigenvalue weighted by atomic mass is 9.84. The van der Waals surface area contributed by atoms with E-state index < -0.39 is 5.60 Å². The van der Waals surface area contributed by atoms with Crippen molar-refractivity contribution in [2.75, 3.05) is 20.1 Å². The molecule has 108 valence electrons. The molecule has 0 radical (unpaired) electrons. The van der Waals surface area contributed by atoms with E-state index in [9.17, 15) is 5.11 Å². The lowest BCUT2D eigenvalue weighted by molar-refractivity contribution is 0.0523. The first-order valence-electron chi connectivity index (χ1n) is 7.61. The van der Waals surface area contributed by atoms with Crippen molar-refractivity contribution in [1.29, 1.82) is 0 Å². The van der Waals surface area contributed by atoms with Gasteiger partial charge in [-0.25, -0.2) is 0 Å². The molecule has 0 amide bonds. The van der Waals surface area contributed by atoms with E-state index in [0.29, 0.717) is 6.54 Å². The smallest absolute Gasteiger partial charge is 0.0741 e. The maximum atomic E-state index is 9.87. The van der Waals surface area contributed by atoms with Crippen molar-refractivity contribution >= 4 is 0 Å². The fourth-order valence-electron chi connectivity index (χ4n) is 2.99. The Balaban J connectivity index is 2.19. The Morgan fingerprint density at radius 2 is 1.89 bits per heavy atom. The van der Waals surface area contributed by atoms with Crippen molar-refractivity contribution < 1.29 is 5.11 Å². The Kier molecular flexibility index (Phi) is 6.61. The molecular formula is C15H32N2O. The minimum atomic E-state index is -0.680. The van der Waals surface area contributed by atoms with Crippen LogP contribution in [0.1, 0.15) is 58.8 Å². The summed E-state index contributed by atoms with van der Waals surface area (Å²) in [6.07, 6.45) is 8.67. The Hall–Kier alpha value is -0.120. The highest BCUT2D eigenvalue weighted by molar-refractivity contribution is 4.79. The van der Waals surface area contributed by atoms with Crippen LogP contribution in [0.3, 0.4) is 0 Å². The van der Waals surface area contributed by atoms with Crippen LogP contribution >= 0.6 is 0 Å². The van der Waals surface area contributed by atoms with Crippen LogP contribution in [0, 0.1) is 5.92 Å². The Labute approximate surface area is 113 Å². The summed E-state index contributed by atoms with van der Waals surface area (Å²) in [7, 11) is 2.23. The molecule has 1 aliphatic rings. The summed E-state index contributed by atoms with van der Waals surface area (Å²) in [5.74, 6) is 0.965. The molecule has 1 atom stereocenters. The van der Waals surface area contributed by atoms with Crippen molar-refractivity contribution in [2.24, 2.45) is 11.7 Å². The van der Waals surface area contributed by atoms with Crippen molar-refractivity contribution in [3.8, 4) is 0 Å². The molecule has 0 aromatic heterocycles. The zero-order chi connectivity index (χ0) is 13.6. The molecule has 0 heterocycles. The molecule has 0 aromatic rings. The molecule has 0 saturated heterocycles. The molecule has 3 heteroatoms. The third-order valence-electron chi connectivity index (χ3n) is 4.68. The third kappa shape index (κ3) is 5.25. The normalized spacial score (nSPS) is 28.3. The Bertz CT molecular complexity index is 223. The second-order valence-corrected chi connectivity index (χ2v) is 6.37. The standard InChI is InChI=1S/C15H32N2O/c1-4-13-6-8-14(9-7-13)17(3)11-5-10-15(2,18)12-16/h13-14,18H,4-12,16H2,1-3H3. The van der Waals surface area contributed by atoms with Gasteiger partial charge in [0.15, 0.2) is 0 Å². The van der Waals surface area contributed by atoms with E-state index in [0.717, 1.165) is 31.3 Å². The van der Waals surface area contributed by atoms with Crippen LogP contribution in [0.4, 0.5) is 0 Å². The molecule has 1 rings (SSSR count). The van der Waals surface area contributed by atoms with Crippen LogP contribution in [0.15, 0.2) is 0 Å². The number of hydrogen-bond donors (Lipinski definition) is 2. The molecule has 0 aliphatic heterocycles. The van der Waals surface area contributed by atoms with Gasteiger partial charge >= 0.3 is 0 Å². The number of hydrogen-bond acceptors (Lipinski definition) is 3. The van der Waals surface area contributed by atoms with Gasteiger partial charge in [-0.2, -0.15) is 0 Å². The van der Waals surface area contributed by atoms with E-state index in [-0.39, 0.29) is 0 Å². The summed E-state index contributed by atoms with van der Waals surface area (Å²) < 4.78 is 0. The van der Waals surface area contributed by atoms with Crippen LogP contribution in [-0.2, 0) is 0 Å². The van der Waals surface area contributed by atoms with E-state index in [2.05, 4.69) is 18.9 Å². The highest BCUT2D eigenvalue weighted by atomic mass is 16.3. The van der Waals surface area contributed by atoms with Gasteiger partial charge in [0, 0.05) is 12.6 Å². The lowest BCUT2D eigenvalue weighted by Gasteiger charge is -2.35. The summed E-state index contributed by atoms with van der Waals surface area (Å²) >= 11 is 0. The quantitative estimate of drug-likeness (QED) is 0.735. The van der Waals surface area contributed by atoms with Gasteiger partial charge in [-0.1, -0.05) is 13.3 Å². The van der Waals surface area contributed by atoms with Crippen molar-refractivity contribution in [3.63, 3.8) is 0 Å². The van der Waals surface area contributed by atoms with Gasteiger partial charge in [-0.05, 0) is 65.0 Å². The van der Waals surface area contributed by atoms with Crippen molar-refractivity contribution in [3.05, 3.63) is 0 Å². The molecule has 0 aromatic carbocycles. The number of rotatable bonds is 7. The minimum absolute atomic E-state index is 0.359. The summed E-state index contributed by atoms with van der Waals surface area (Å²) in [6, 6.07) is 0.760. The van der Waals surface area contributed by atoms with Crippen LogP contribution in [0.5, 0.6) is 0 Å². The van der Waals surface area contributed by atoms with Crippen molar-refractivity contribution in [2.45, 2.75) is 70.4 Å². The van der Waals surface area contributed by atoms with Crippen LogP contribution in [0.2, 0.25) is 0 Å². The first kappa shape index (κ1) is 15.9. The van der Waals surface area contributed by atoms with E-state index >= 15 is 0 Å². The fourth-order valence-corrected chi connectivity index (χ4v) is 2.99. The second-order valence-electron chi connectivity index (χ2n) is 6.37. The zero-order valence-electron chi connectivity index (χ0n) is 12.5. The van der Waals surface area contributed by atoms with Gasteiger partial charge in [-0.3, -0.25) is 0 Å². The van der Waals surface area contributed by atoms with Crippen LogP contribution in [0.25, 0.3) is 0 Å². The molecule has 1 aliphatic carbocycles. The van der Waals surface area contributed by atoms with Crippen LogP contribution in [-0.4, -0.2) is 41.8 Å². The Morgan fingerprint density at radius 1 is 1.28 bits per heavy atom. The SMILES string of the molecule is CCC1CCC(N(C)CCCC(C)(O)CN)CC1. The first-order valence-corrected chi connectivity index (χ1v) is 7.61. The largest absolute Gasteiger partial charge is 0.389 e. The predicted octanol–water partition coefficient (Wildman–Crippen LogP) is 2.38. The maximum absolute atomic E-state index is 9.87. The zero-order valence-corrected chi connectivity index (χ0v) is 12.5. The monoisotopic (exact) mass is 256 g/mol. The van der Waals surface area contributed by atoms with Gasteiger partial charge in [0.2, 0.25) is 0 Å². The molecule has 0 bridgehead atoms. The predicted molar refractivity (Wildman–Crippen MR) is 77.6 cm³/mol. The van der Waals surface area contributed by atoms with Gasteiger partial charge in [0.05, 0.1) is 5.60 Å². The summed E-state index contributed by atoms with van der Waals surface area (Å²) in [5.41, 5.74) is 4.85. The highest BCUT2D eigenvalue weighted by Gasteiger charge is 2.23. The van der Waals surface area contributed by atoms with Gasteiger partial charge in [-0.15, -0.1) is 0 Å². The second kappa shape index (κ2) is 7.46. The minimum Gasteiger partial charge on any atom is -0.389 e. The number of aliphatic hydroxyl groups is 1. The molecule has 3 N–H and O–H groups in total. The fraction of sp³-hybridized carbons (Fsp3) is 1.00. The summed E-state index contributed by atoms with van der Waals surface area (Å²) in [4.78, 5) is 2.48. The van der Waals surface area contributed by atoms with Gasteiger partial charge in [0.1, 0.15) is 0 Å². The molecule has 1 saturated carbocycles. The average molecular weight is 256 g/mol. The van der Waals surface area contributed by atoms with Crippen LogP contribution < -0.4 is 5.73 Å². The average Bonchev–Trinajstić information content (AvgIpc) is 2.38. The molecule has 3 nitrogen and oxygen atoms in total. The van der Waals surface area contributed by atoms with E-state index in [1.807, 2.05) is 6.92 Å². The van der Waals surface area contributed by atoms with E-state index in [1.54, 1.807) is 0 Å². The van der Waals surface area contributed by atoms with E-state index in [4.69, 9.17) is 5.73 Å². The summed E-state index contributed by atoms with van der Waals surface area (Å²) in [5, 5.41) is 9.87. The molecule has 1 unspecified atom stereocenters. The first-order chi connectivity index (χ1) is 8.48. The molecule has 18 heavy (non-hydrogen) atoms. The topological polar surface area (TPSA) is 49.5 Å². The lowest BCUT2D eigenvalue weighted by Crippen LogP contribution is -2.38.